The lowest BCUT2D eigenvalue weighted by molar-refractivity contribution is 0.159. The first kappa shape index (κ1) is 11.4. The fraction of sp³-hybridized carbons (Fsp3) is 1.00. The standard InChI is InChI=1S/C13H26N2/c1-4-13(9-14-12-7-8-12)15(3)10(2)11-5-6-11/h10-14H,4-9H2,1-3H3. The van der Waals surface area contributed by atoms with Crippen LogP contribution in [0.2, 0.25) is 0 Å². The zero-order valence-electron chi connectivity index (χ0n) is 10.5. The molecule has 0 aromatic carbocycles. The summed E-state index contributed by atoms with van der Waals surface area (Å²) in [7, 11) is 2.31. The summed E-state index contributed by atoms with van der Waals surface area (Å²) in [5.74, 6) is 0.991. The maximum Gasteiger partial charge on any atom is 0.0218 e. The first-order valence-electron chi connectivity index (χ1n) is 6.67. The Labute approximate surface area is 94.4 Å². The van der Waals surface area contributed by atoms with Gasteiger partial charge in [0.15, 0.2) is 0 Å². The second-order valence-corrected chi connectivity index (χ2v) is 5.49. The molecule has 0 bridgehead atoms. The summed E-state index contributed by atoms with van der Waals surface area (Å²) >= 11 is 0. The molecule has 0 amide bonds. The molecular formula is C13H26N2. The van der Waals surface area contributed by atoms with Crippen molar-refractivity contribution in [2.24, 2.45) is 5.92 Å². The second kappa shape index (κ2) is 4.84. The quantitative estimate of drug-likeness (QED) is 0.693. The third kappa shape index (κ3) is 3.18. The maximum atomic E-state index is 3.66. The van der Waals surface area contributed by atoms with Crippen LogP contribution in [0.15, 0.2) is 0 Å². The van der Waals surface area contributed by atoms with E-state index < -0.39 is 0 Å². The minimum absolute atomic E-state index is 0.737. The van der Waals surface area contributed by atoms with E-state index in [1.165, 1.54) is 38.6 Å². The van der Waals surface area contributed by atoms with Crippen LogP contribution in [-0.4, -0.2) is 36.6 Å². The molecule has 2 heteroatoms. The molecule has 0 heterocycles. The van der Waals surface area contributed by atoms with Gasteiger partial charge in [-0.1, -0.05) is 6.92 Å². The first-order chi connectivity index (χ1) is 7.22. The molecule has 1 N–H and O–H groups in total. The zero-order chi connectivity index (χ0) is 10.8. The minimum Gasteiger partial charge on any atom is -0.312 e. The van der Waals surface area contributed by atoms with Gasteiger partial charge in [-0.25, -0.2) is 0 Å². The van der Waals surface area contributed by atoms with Crippen molar-refractivity contribution in [2.75, 3.05) is 13.6 Å². The zero-order valence-corrected chi connectivity index (χ0v) is 10.5. The highest BCUT2D eigenvalue weighted by molar-refractivity contribution is 4.88. The van der Waals surface area contributed by atoms with Crippen molar-refractivity contribution in [3.8, 4) is 0 Å². The smallest absolute Gasteiger partial charge is 0.0218 e. The van der Waals surface area contributed by atoms with Crippen molar-refractivity contribution in [3.05, 3.63) is 0 Å². The Hall–Kier alpha value is -0.0800. The highest BCUT2D eigenvalue weighted by Crippen LogP contribution is 2.35. The number of likely N-dealkylation sites (N-methyl/N-ethyl adjacent to an activating group) is 1. The van der Waals surface area contributed by atoms with Crippen molar-refractivity contribution in [3.63, 3.8) is 0 Å². The number of nitrogens with zero attached hydrogens (tertiary/aromatic N) is 1. The molecule has 2 saturated carbocycles. The van der Waals surface area contributed by atoms with E-state index in [4.69, 9.17) is 0 Å². The Kier molecular flexibility index (Phi) is 3.68. The third-order valence-electron chi connectivity index (χ3n) is 4.21. The summed E-state index contributed by atoms with van der Waals surface area (Å²) in [6.45, 7) is 5.90. The molecule has 15 heavy (non-hydrogen) atoms. The Balaban J connectivity index is 1.74. The summed E-state index contributed by atoms with van der Waals surface area (Å²) in [6.07, 6.45) is 6.99. The van der Waals surface area contributed by atoms with Crippen LogP contribution >= 0.6 is 0 Å². The summed E-state index contributed by atoms with van der Waals surface area (Å²) in [5, 5.41) is 3.66. The molecule has 0 saturated heterocycles. The topological polar surface area (TPSA) is 15.3 Å². The van der Waals surface area contributed by atoms with E-state index in [1.807, 2.05) is 0 Å². The van der Waals surface area contributed by atoms with Gasteiger partial charge >= 0.3 is 0 Å². The van der Waals surface area contributed by atoms with Gasteiger partial charge in [0.25, 0.3) is 0 Å². The van der Waals surface area contributed by atoms with Gasteiger partial charge in [-0.2, -0.15) is 0 Å². The van der Waals surface area contributed by atoms with Gasteiger partial charge in [0.1, 0.15) is 0 Å². The van der Waals surface area contributed by atoms with Crippen LogP contribution < -0.4 is 5.32 Å². The summed E-state index contributed by atoms with van der Waals surface area (Å²) in [4.78, 5) is 2.60. The average molecular weight is 210 g/mol. The van der Waals surface area contributed by atoms with E-state index in [-0.39, 0.29) is 0 Å². The van der Waals surface area contributed by atoms with Gasteiger partial charge < -0.3 is 5.32 Å². The average Bonchev–Trinajstić information content (AvgIpc) is 3.09. The molecule has 2 fully saturated rings. The maximum absolute atomic E-state index is 3.66. The van der Waals surface area contributed by atoms with E-state index in [9.17, 15) is 0 Å². The first-order valence-corrected chi connectivity index (χ1v) is 6.67. The molecule has 2 atom stereocenters. The number of hydrogen-bond donors (Lipinski definition) is 1. The number of hydrogen-bond acceptors (Lipinski definition) is 2. The van der Waals surface area contributed by atoms with Crippen molar-refractivity contribution in [1.29, 1.82) is 0 Å². The monoisotopic (exact) mass is 210 g/mol. The lowest BCUT2D eigenvalue weighted by atomic mass is 10.1. The molecule has 0 aromatic heterocycles. The highest BCUT2D eigenvalue weighted by Gasteiger charge is 2.33. The molecule has 0 spiro atoms. The Morgan fingerprint density at radius 3 is 2.40 bits per heavy atom. The molecule has 2 nitrogen and oxygen atoms in total. The molecule has 2 aliphatic rings. The summed E-state index contributed by atoms with van der Waals surface area (Å²) in [5.41, 5.74) is 0. The number of rotatable bonds is 7. The van der Waals surface area contributed by atoms with Crippen LogP contribution in [0.4, 0.5) is 0 Å². The predicted molar refractivity (Wildman–Crippen MR) is 65.1 cm³/mol. The lowest BCUT2D eigenvalue weighted by Crippen LogP contribution is -2.45. The minimum atomic E-state index is 0.737. The fourth-order valence-electron chi connectivity index (χ4n) is 2.41. The highest BCUT2D eigenvalue weighted by atomic mass is 15.2. The fourth-order valence-corrected chi connectivity index (χ4v) is 2.41. The lowest BCUT2D eigenvalue weighted by Gasteiger charge is -2.33. The van der Waals surface area contributed by atoms with Gasteiger partial charge in [-0.05, 0) is 52.0 Å². The Morgan fingerprint density at radius 2 is 1.93 bits per heavy atom. The van der Waals surface area contributed by atoms with Crippen LogP contribution in [0.1, 0.15) is 46.0 Å². The van der Waals surface area contributed by atoms with Crippen molar-refractivity contribution >= 4 is 0 Å². The molecule has 0 radical (unpaired) electrons. The summed E-state index contributed by atoms with van der Waals surface area (Å²) < 4.78 is 0. The van der Waals surface area contributed by atoms with E-state index in [0.29, 0.717) is 0 Å². The molecule has 2 aliphatic carbocycles. The van der Waals surface area contributed by atoms with E-state index >= 15 is 0 Å². The molecule has 0 aromatic rings. The van der Waals surface area contributed by atoms with Crippen molar-refractivity contribution in [2.45, 2.75) is 64.1 Å². The molecule has 88 valence electrons. The van der Waals surface area contributed by atoms with Gasteiger partial charge in [0.2, 0.25) is 0 Å². The summed E-state index contributed by atoms with van der Waals surface area (Å²) in [6, 6.07) is 2.38. The van der Waals surface area contributed by atoms with Crippen molar-refractivity contribution in [1.82, 2.24) is 10.2 Å². The second-order valence-electron chi connectivity index (χ2n) is 5.49. The Morgan fingerprint density at radius 1 is 1.27 bits per heavy atom. The molecule has 2 rings (SSSR count). The van der Waals surface area contributed by atoms with Crippen LogP contribution in [-0.2, 0) is 0 Å². The van der Waals surface area contributed by atoms with Gasteiger partial charge in [0, 0.05) is 24.7 Å². The van der Waals surface area contributed by atoms with Crippen molar-refractivity contribution < 1.29 is 0 Å². The van der Waals surface area contributed by atoms with Gasteiger partial charge in [-0.15, -0.1) is 0 Å². The van der Waals surface area contributed by atoms with E-state index in [0.717, 1.165) is 24.0 Å². The molecule has 0 aliphatic heterocycles. The largest absolute Gasteiger partial charge is 0.312 e. The Bertz CT molecular complexity index is 197. The van der Waals surface area contributed by atoms with Crippen LogP contribution in [0.5, 0.6) is 0 Å². The van der Waals surface area contributed by atoms with Gasteiger partial charge in [0.05, 0.1) is 0 Å². The van der Waals surface area contributed by atoms with Crippen LogP contribution in [0.3, 0.4) is 0 Å². The van der Waals surface area contributed by atoms with Gasteiger partial charge in [-0.3, -0.25) is 4.90 Å². The van der Waals surface area contributed by atoms with E-state index in [1.54, 1.807) is 0 Å². The predicted octanol–water partition coefficient (Wildman–Crippen LogP) is 2.25. The third-order valence-corrected chi connectivity index (χ3v) is 4.21. The molecule has 2 unspecified atom stereocenters. The van der Waals surface area contributed by atoms with Crippen LogP contribution in [0.25, 0.3) is 0 Å². The number of nitrogens with one attached hydrogen (secondary N) is 1. The normalized spacial score (nSPS) is 25.6. The van der Waals surface area contributed by atoms with Crippen LogP contribution in [0, 0.1) is 5.92 Å². The SMILES string of the molecule is CCC(CNC1CC1)N(C)C(C)C1CC1. The van der Waals surface area contributed by atoms with E-state index in [2.05, 4.69) is 31.1 Å². The molecular weight excluding hydrogens is 184 g/mol.